The van der Waals surface area contributed by atoms with Crippen molar-refractivity contribution in [2.45, 2.75) is 32.7 Å². The van der Waals surface area contributed by atoms with E-state index in [4.69, 9.17) is 0 Å². The second kappa shape index (κ2) is 8.15. The van der Waals surface area contributed by atoms with Crippen LogP contribution >= 0.6 is 0 Å². The van der Waals surface area contributed by atoms with Crippen LogP contribution in [0.15, 0.2) is 54.1 Å². The van der Waals surface area contributed by atoms with Gasteiger partial charge in [-0.1, -0.05) is 48.0 Å². The van der Waals surface area contributed by atoms with Gasteiger partial charge in [0.2, 0.25) is 0 Å². The molecule has 0 saturated carbocycles. The van der Waals surface area contributed by atoms with Crippen molar-refractivity contribution in [3.8, 4) is 0 Å². The van der Waals surface area contributed by atoms with Crippen LogP contribution in [-0.2, 0) is 28.9 Å². The molecule has 0 atom stereocenters. The number of methoxy groups -OCH3 is 1. The van der Waals surface area contributed by atoms with E-state index in [9.17, 15) is 4.79 Å². The van der Waals surface area contributed by atoms with Gasteiger partial charge in [0.15, 0.2) is 0 Å². The van der Waals surface area contributed by atoms with E-state index in [-0.39, 0.29) is 5.97 Å². The molecule has 144 valence electrons. The molecular formula is C25H27NO2. The van der Waals surface area contributed by atoms with Crippen LogP contribution in [0.25, 0.3) is 11.6 Å². The minimum atomic E-state index is -0.320. The maximum atomic E-state index is 11.3. The highest BCUT2D eigenvalue weighted by molar-refractivity contribution is 5.87. The van der Waals surface area contributed by atoms with Gasteiger partial charge in [-0.2, -0.15) is 0 Å². The van der Waals surface area contributed by atoms with Crippen molar-refractivity contribution < 1.29 is 9.53 Å². The minimum Gasteiger partial charge on any atom is -0.466 e. The molecule has 2 aliphatic rings. The summed E-state index contributed by atoms with van der Waals surface area (Å²) in [6.07, 6.45) is 6.61. The molecule has 3 nitrogen and oxygen atoms in total. The van der Waals surface area contributed by atoms with E-state index in [0.29, 0.717) is 0 Å². The van der Waals surface area contributed by atoms with Gasteiger partial charge in [-0.3, -0.25) is 4.90 Å². The minimum absolute atomic E-state index is 0.320. The van der Waals surface area contributed by atoms with Crippen LogP contribution in [0, 0.1) is 0 Å². The van der Waals surface area contributed by atoms with Crippen molar-refractivity contribution in [1.82, 2.24) is 4.90 Å². The predicted molar refractivity (Wildman–Crippen MR) is 114 cm³/mol. The summed E-state index contributed by atoms with van der Waals surface area (Å²) >= 11 is 0. The second-order valence-corrected chi connectivity index (χ2v) is 7.75. The van der Waals surface area contributed by atoms with Crippen LogP contribution in [0.2, 0.25) is 0 Å². The number of ether oxygens (including phenoxy) is 1. The van der Waals surface area contributed by atoms with Crippen molar-refractivity contribution in [2.24, 2.45) is 0 Å². The highest BCUT2D eigenvalue weighted by Gasteiger charge is 2.21. The summed E-state index contributed by atoms with van der Waals surface area (Å²) in [7, 11) is 1.40. The Labute approximate surface area is 167 Å². The molecule has 3 heteroatoms. The van der Waals surface area contributed by atoms with E-state index >= 15 is 0 Å². The second-order valence-electron chi connectivity index (χ2n) is 7.75. The summed E-state index contributed by atoms with van der Waals surface area (Å²) in [5.74, 6) is -0.320. The van der Waals surface area contributed by atoms with Gasteiger partial charge < -0.3 is 4.74 Å². The topological polar surface area (TPSA) is 29.5 Å². The SMILES string of the molecule is COC(=O)/C=C/c1ccc2c(c1)CN(CCC1=C(C)Cc3ccccc31)CC2. The zero-order valence-corrected chi connectivity index (χ0v) is 16.7. The van der Waals surface area contributed by atoms with Gasteiger partial charge in [0, 0.05) is 25.7 Å². The van der Waals surface area contributed by atoms with Gasteiger partial charge in [-0.05, 0) is 65.7 Å². The van der Waals surface area contributed by atoms with Crippen LogP contribution in [0.3, 0.4) is 0 Å². The van der Waals surface area contributed by atoms with E-state index in [1.54, 1.807) is 0 Å². The fourth-order valence-corrected chi connectivity index (χ4v) is 4.37. The van der Waals surface area contributed by atoms with Crippen LogP contribution in [0.4, 0.5) is 0 Å². The highest BCUT2D eigenvalue weighted by atomic mass is 16.5. The summed E-state index contributed by atoms with van der Waals surface area (Å²) in [4.78, 5) is 13.9. The Kier molecular flexibility index (Phi) is 5.45. The van der Waals surface area contributed by atoms with E-state index in [2.05, 4.69) is 59.0 Å². The number of hydrogen-bond donors (Lipinski definition) is 0. The van der Waals surface area contributed by atoms with Crippen LogP contribution < -0.4 is 0 Å². The highest BCUT2D eigenvalue weighted by Crippen LogP contribution is 2.35. The van der Waals surface area contributed by atoms with Gasteiger partial charge >= 0.3 is 5.97 Å². The molecule has 0 N–H and O–H groups in total. The van der Waals surface area contributed by atoms with E-state index < -0.39 is 0 Å². The Hall–Kier alpha value is -2.65. The van der Waals surface area contributed by atoms with Crippen LogP contribution in [-0.4, -0.2) is 31.1 Å². The monoisotopic (exact) mass is 373 g/mol. The lowest BCUT2D eigenvalue weighted by Crippen LogP contribution is -2.31. The molecule has 2 aromatic rings. The standard InChI is InChI=1S/C25H27NO2/c1-18-15-21-5-3-4-6-24(21)23(18)12-14-26-13-11-20-9-7-19(16-22(20)17-26)8-10-25(27)28-2/h3-10,16H,11-15,17H2,1-2H3/b10-8+. The lowest BCUT2D eigenvalue weighted by atomic mass is 9.96. The summed E-state index contributed by atoms with van der Waals surface area (Å²) < 4.78 is 4.68. The average molecular weight is 373 g/mol. The zero-order chi connectivity index (χ0) is 19.5. The number of carbonyl (C=O) groups is 1. The summed E-state index contributed by atoms with van der Waals surface area (Å²) in [5.41, 5.74) is 9.83. The number of esters is 1. The van der Waals surface area contributed by atoms with Crippen molar-refractivity contribution in [3.63, 3.8) is 0 Å². The Morgan fingerprint density at radius 3 is 2.86 bits per heavy atom. The molecule has 1 heterocycles. The molecule has 0 radical (unpaired) electrons. The Balaban J connectivity index is 1.42. The number of fused-ring (bicyclic) bond motifs is 2. The molecule has 0 unspecified atom stereocenters. The molecular weight excluding hydrogens is 346 g/mol. The number of nitrogens with zero attached hydrogens (tertiary/aromatic N) is 1. The number of benzene rings is 2. The zero-order valence-electron chi connectivity index (χ0n) is 16.7. The molecule has 1 aliphatic carbocycles. The van der Waals surface area contributed by atoms with Crippen LogP contribution in [0.5, 0.6) is 0 Å². The van der Waals surface area contributed by atoms with Crippen molar-refractivity contribution in [1.29, 1.82) is 0 Å². The summed E-state index contributed by atoms with van der Waals surface area (Å²) in [6, 6.07) is 15.3. The third-order valence-corrected chi connectivity index (χ3v) is 5.93. The fourth-order valence-electron chi connectivity index (χ4n) is 4.37. The molecule has 0 saturated heterocycles. The Morgan fingerprint density at radius 2 is 2.00 bits per heavy atom. The number of hydrogen-bond acceptors (Lipinski definition) is 3. The van der Waals surface area contributed by atoms with Crippen LogP contribution in [0.1, 0.15) is 41.2 Å². The number of allylic oxidation sites excluding steroid dienone is 1. The van der Waals surface area contributed by atoms with Gasteiger partial charge in [0.1, 0.15) is 0 Å². The van der Waals surface area contributed by atoms with Gasteiger partial charge in [-0.25, -0.2) is 4.79 Å². The smallest absolute Gasteiger partial charge is 0.330 e. The number of rotatable bonds is 5. The van der Waals surface area contributed by atoms with Gasteiger partial charge in [-0.15, -0.1) is 0 Å². The third kappa shape index (κ3) is 3.95. The maximum Gasteiger partial charge on any atom is 0.330 e. The largest absolute Gasteiger partial charge is 0.466 e. The summed E-state index contributed by atoms with van der Waals surface area (Å²) in [6.45, 7) is 5.45. The van der Waals surface area contributed by atoms with E-state index in [1.165, 1.54) is 46.6 Å². The van der Waals surface area contributed by atoms with Gasteiger partial charge in [0.05, 0.1) is 7.11 Å². The predicted octanol–water partition coefficient (Wildman–Crippen LogP) is 4.65. The molecule has 0 aromatic heterocycles. The van der Waals surface area contributed by atoms with Crippen molar-refractivity contribution >= 4 is 17.6 Å². The molecule has 0 fully saturated rings. The van der Waals surface area contributed by atoms with Crippen molar-refractivity contribution in [2.75, 3.05) is 20.2 Å². The first-order valence-electron chi connectivity index (χ1n) is 10.0. The Bertz CT molecular complexity index is 955. The summed E-state index contributed by atoms with van der Waals surface area (Å²) in [5, 5.41) is 0. The van der Waals surface area contributed by atoms with Crippen molar-refractivity contribution in [3.05, 3.63) is 81.9 Å². The third-order valence-electron chi connectivity index (χ3n) is 5.93. The lowest BCUT2D eigenvalue weighted by Gasteiger charge is -2.29. The molecule has 28 heavy (non-hydrogen) atoms. The molecule has 4 rings (SSSR count). The maximum absolute atomic E-state index is 11.3. The average Bonchev–Trinajstić information content (AvgIpc) is 3.05. The lowest BCUT2D eigenvalue weighted by molar-refractivity contribution is -0.134. The first kappa shape index (κ1) is 18.7. The molecule has 2 aromatic carbocycles. The molecule has 1 aliphatic heterocycles. The molecule has 0 spiro atoms. The quantitative estimate of drug-likeness (QED) is 0.564. The first-order valence-corrected chi connectivity index (χ1v) is 10.0. The normalized spacial score (nSPS) is 16.4. The van der Waals surface area contributed by atoms with E-state index in [1.807, 2.05) is 6.08 Å². The van der Waals surface area contributed by atoms with E-state index in [0.717, 1.165) is 44.5 Å². The van der Waals surface area contributed by atoms with Gasteiger partial charge in [0.25, 0.3) is 0 Å². The number of carbonyl (C=O) groups excluding carboxylic acids is 1. The Morgan fingerprint density at radius 1 is 1.14 bits per heavy atom. The molecule has 0 bridgehead atoms. The fraction of sp³-hybridized carbons (Fsp3) is 0.320. The first-order chi connectivity index (χ1) is 13.6. The molecule has 0 amide bonds.